The molecule has 0 aliphatic carbocycles. The van der Waals surface area contributed by atoms with Crippen molar-refractivity contribution in [1.82, 2.24) is 0 Å². The van der Waals surface area contributed by atoms with E-state index < -0.39 is 0 Å². The number of rotatable bonds is 4. The SMILES string of the molecule is C[NH2+]c1ccccc1C(C)(C)CC=C1N(C)c2ccccc2C1(C)C. The highest BCUT2D eigenvalue weighted by atomic mass is 15.2. The maximum atomic E-state index is 2.45. The first kappa shape index (κ1) is 17.8. The summed E-state index contributed by atoms with van der Waals surface area (Å²) in [5, 5.41) is 2.21. The van der Waals surface area contributed by atoms with E-state index in [9.17, 15) is 0 Å². The molecule has 0 unspecified atom stereocenters. The molecule has 1 heterocycles. The molecule has 0 saturated heterocycles. The van der Waals surface area contributed by atoms with Gasteiger partial charge in [-0.2, -0.15) is 0 Å². The van der Waals surface area contributed by atoms with Gasteiger partial charge < -0.3 is 10.2 Å². The zero-order chi connectivity index (χ0) is 18.2. The van der Waals surface area contributed by atoms with Crippen LogP contribution in [0.5, 0.6) is 0 Å². The van der Waals surface area contributed by atoms with Crippen LogP contribution in [-0.2, 0) is 10.8 Å². The molecule has 0 radical (unpaired) electrons. The van der Waals surface area contributed by atoms with E-state index in [2.05, 4.69) is 107 Å². The van der Waals surface area contributed by atoms with Crippen molar-refractivity contribution in [2.75, 3.05) is 19.0 Å². The minimum absolute atomic E-state index is 0.0534. The van der Waals surface area contributed by atoms with Crippen molar-refractivity contribution in [1.29, 1.82) is 0 Å². The molecule has 0 amide bonds. The monoisotopic (exact) mass is 335 g/mol. The topological polar surface area (TPSA) is 19.9 Å². The Morgan fingerprint density at radius 1 is 1.04 bits per heavy atom. The van der Waals surface area contributed by atoms with Gasteiger partial charge in [-0.15, -0.1) is 0 Å². The van der Waals surface area contributed by atoms with Crippen LogP contribution in [0.3, 0.4) is 0 Å². The Morgan fingerprint density at radius 2 is 1.68 bits per heavy atom. The van der Waals surface area contributed by atoms with Gasteiger partial charge in [0.15, 0.2) is 0 Å². The molecule has 3 rings (SSSR count). The first-order valence-corrected chi connectivity index (χ1v) is 9.22. The predicted octanol–water partition coefficient (Wildman–Crippen LogP) is 4.49. The summed E-state index contributed by atoms with van der Waals surface area (Å²) in [5.74, 6) is 0. The van der Waals surface area contributed by atoms with Crippen molar-refractivity contribution >= 4 is 11.4 Å². The molecule has 0 aromatic heterocycles. The predicted molar refractivity (Wildman–Crippen MR) is 108 cm³/mol. The molecule has 2 N–H and O–H groups in total. The molecular weight excluding hydrogens is 304 g/mol. The van der Waals surface area contributed by atoms with Crippen LogP contribution in [0.1, 0.15) is 45.2 Å². The number of hydrogen-bond donors (Lipinski definition) is 1. The van der Waals surface area contributed by atoms with E-state index in [1.807, 2.05) is 0 Å². The highest BCUT2D eigenvalue weighted by molar-refractivity contribution is 5.69. The van der Waals surface area contributed by atoms with Crippen LogP contribution in [0, 0.1) is 0 Å². The minimum Gasteiger partial charge on any atom is -0.347 e. The molecule has 0 saturated carbocycles. The van der Waals surface area contributed by atoms with Gasteiger partial charge in [0.1, 0.15) is 5.69 Å². The fourth-order valence-electron chi connectivity index (χ4n) is 4.20. The Balaban J connectivity index is 1.94. The van der Waals surface area contributed by atoms with Crippen LogP contribution >= 0.6 is 0 Å². The number of fused-ring (bicyclic) bond motifs is 1. The fraction of sp³-hybridized carbons (Fsp3) is 0.391. The second kappa shape index (κ2) is 6.34. The summed E-state index contributed by atoms with van der Waals surface area (Å²) >= 11 is 0. The molecule has 2 heteroatoms. The van der Waals surface area contributed by atoms with Gasteiger partial charge in [-0.25, -0.2) is 0 Å². The van der Waals surface area contributed by atoms with Gasteiger partial charge in [0.2, 0.25) is 0 Å². The van der Waals surface area contributed by atoms with Crippen molar-refractivity contribution in [2.45, 2.75) is 44.9 Å². The zero-order valence-corrected chi connectivity index (χ0v) is 16.4. The Bertz CT molecular complexity index is 799. The third-order valence-corrected chi connectivity index (χ3v) is 5.75. The number of para-hydroxylation sites is 2. The summed E-state index contributed by atoms with van der Waals surface area (Å²) in [6.45, 7) is 9.37. The van der Waals surface area contributed by atoms with Gasteiger partial charge >= 0.3 is 0 Å². The molecular formula is C23H31N2+. The first-order chi connectivity index (χ1) is 11.8. The molecule has 132 valence electrons. The number of allylic oxidation sites excluding steroid dienone is 2. The third kappa shape index (κ3) is 3.00. The average molecular weight is 336 g/mol. The summed E-state index contributed by atoms with van der Waals surface area (Å²) in [7, 11) is 4.32. The van der Waals surface area contributed by atoms with Gasteiger partial charge in [0.25, 0.3) is 0 Å². The van der Waals surface area contributed by atoms with E-state index in [1.165, 1.54) is 28.2 Å². The maximum Gasteiger partial charge on any atom is 0.133 e. The van der Waals surface area contributed by atoms with Gasteiger partial charge in [-0.1, -0.05) is 70.2 Å². The molecule has 2 aromatic carbocycles. The maximum absolute atomic E-state index is 2.45. The lowest BCUT2D eigenvalue weighted by Crippen LogP contribution is -2.73. The van der Waals surface area contributed by atoms with E-state index >= 15 is 0 Å². The van der Waals surface area contributed by atoms with Crippen molar-refractivity contribution in [3.63, 3.8) is 0 Å². The van der Waals surface area contributed by atoms with E-state index in [0.29, 0.717) is 0 Å². The smallest absolute Gasteiger partial charge is 0.133 e. The van der Waals surface area contributed by atoms with Crippen LogP contribution in [0.4, 0.5) is 11.4 Å². The Kier molecular flexibility index (Phi) is 4.51. The van der Waals surface area contributed by atoms with Crippen LogP contribution in [0.2, 0.25) is 0 Å². The van der Waals surface area contributed by atoms with Gasteiger partial charge in [0, 0.05) is 29.4 Å². The second-order valence-electron chi connectivity index (χ2n) is 8.25. The standard InChI is InChI=1S/C23H30N2/c1-22(2,17-11-7-9-13-19(17)24-5)16-15-21-23(3,4)18-12-8-10-14-20(18)25(21)6/h7-15,24H,16H2,1-6H3/p+1. The normalized spacial score (nSPS) is 17.8. The summed E-state index contributed by atoms with van der Waals surface area (Å²) in [6, 6.07) is 17.5. The summed E-state index contributed by atoms with van der Waals surface area (Å²) in [5.41, 5.74) is 7.07. The lowest BCUT2D eigenvalue weighted by atomic mass is 9.78. The van der Waals surface area contributed by atoms with Gasteiger partial charge in [0.05, 0.1) is 7.05 Å². The molecule has 0 atom stereocenters. The van der Waals surface area contributed by atoms with Gasteiger partial charge in [-0.05, 0) is 29.5 Å². The molecule has 2 nitrogen and oxygen atoms in total. The lowest BCUT2D eigenvalue weighted by molar-refractivity contribution is -0.540. The summed E-state index contributed by atoms with van der Waals surface area (Å²) in [6.07, 6.45) is 3.47. The molecule has 0 fully saturated rings. The number of anilines is 1. The minimum atomic E-state index is 0.0534. The summed E-state index contributed by atoms with van der Waals surface area (Å²) < 4.78 is 0. The van der Waals surface area contributed by atoms with Crippen LogP contribution in [0.25, 0.3) is 0 Å². The Morgan fingerprint density at radius 3 is 2.36 bits per heavy atom. The fourth-order valence-corrected chi connectivity index (χ4v) is 4.20. The van der Waals surface area contributed by atoms with Gasteiger partial charge in [-0.3, -0.25) is 0 Å². The van der Waals surface area contributed by atoms with Crippen molar-refractivity contribution in [3.8, 4) is 0 Å². The number of likely N-dealkylation sites (N-methyl/N-ethyl adjacent to an activating group) is 1. The van der Waals surface area contributed by atoms with E-state index in [0.717, 1.165) is 6.42 Å². The van der Waals surface area contributed by atoms with E-state index in [-0.39, 0.29) is 10.8 Å². The Hall–Kier alpha value is -2.06. The second-order valence-corrected chi connectivity index (χ2v) is 8.25. The van der Waals surface area contributed by atoms with E-state index in [1.54, 1.807) is 0 Å². The zero-order valence-electron chi connectivity index (χ0n) is 16.4. The molecule has 25 heavy (non-hydrogen) atoms. The Labute approximate surface area is 152 Å². The van der Waals surface area contributed by atoms with Crippen molar-refractivity contribution in [2.24, 2.45) is 0 Å². The molecule has 2 aromatic rings. The molecule has 0 bridgehead atoms. The number of benzene rings is 2. The molecule has 1 aliphatic heterocycles. The molecule has 0 spiro atoms. The largest absolute Gasteiger partial charge is 0.347 e. The van der Waals surface area contributed by atoms with Crippen LogP contribution < -0.4 is 10.2 Å². The lowest BCUT2D eigenvalue weighted by Gasteiger charge is -2.28. The summed E-state index contributed by atoms with van der Waals surface area (Å²) in [4.78, 5) is 2.36. The average Bonchev–Trinajstić information content (AvgIpc) is 2.80. The van der Waals surface area contributed by atoms with E-state index in [4.69, 9.17) is 0 Å². The van der Waals surface area contributed by atoms with Crippen molar-refractivity contribution in [3.05, 3.63) is 71.4 Å². The first-order valence-electron chi connectivity index (χ1n) is 9.22. The van der Waals surface area contributed by atoms with Crippen LogP contribution in [0.15, 0.2) is 60.3 Å². The number of quaternary nitrogens is 1. The highest BCUT2D eigenvalue weighted by Gasteiger charge is 2.38. The number of nitrogens with zero attached hydrogens (tertiary/aromatic N) is 1. The van der Waals surface area contributed by atoms with Crippen LogP contribution in [-0.4, -0.2) is 14.1 Å². The quantitative estimate of drug-likeness (QED) is 0.816. The third-order valence-electron chi connectivity index (χ3n) is 5.75. The van der Waals surface area contributed by atoms with Crippen molar-refractivity contribution < 1.29 is 5.32 Å². The number of hydrogen-bond acceptors (Lipinski definition) is 1. The highest BCUT2D eigenvalue weighted by Crippen LogP contribution is 2.47. The number of nitrogens with two attached hydrogens (primary N) is 1. The molecule has 1 aliphatic rings.